The zero-order valence-corrected chi connectivity index (χ0v) is 15.7. The zero-order chi connectivity index (χ0) is 18.3. The van der Waals surface area contributed by atoms with Crippen LogP contribution in [0.2, 0.25) is 0 Å². The summed E-state index contributed by atoms with van der Waals surface area (Å²) in [5, 5.41) is 14.2. The SMILES string of the molecule is OC1(c2cccc3ccccc23)CC2CCCC(C1)N2Cc1ccccc1. The third-order valence-electron chi connectivity index (χ3n) is 6.66. The highest BCUT2D eigenvalue weighted by Crippen LogP contribution is 2.46. The van der Waals surface area contributed by atoms with Crippen molar-refractivity contribution in [2.45, 2.75) is 56.3 Å². The quantitative estimate of drug-likeness (QED) is 0.692. The second kappa shape index (κ2) is 6.78. The Hall–Kier alpha value is -2.16. The van der Waals surface area contributed by atoms with Crippen LogP contribution in [0.1, 0.15) is 43.2 Å². The van der Waals surface area contributed by atoms with E-state index in [1.54, 1.807) is 0 Å². The van der Waals surface area contributed by atoms with Crippen molar-refractivity contribution in [3.63, 3.8) is 0 Å². The number of fused-ring (bicyclic) bond motifs is 3. The van der Waals surface area contributed by atoms with Crippen LogP contribution in [0.5, 0.6) is 0 Å². The van der Waals surface area contributed by atoms with Gasteiger partial charge in [-0.05, 0) is 47.6 Å². The first-order valence-corrected chi connectivity index (χ1v) is 10.2. The molecule has 2 nitrogen and oxygen atoms in total. The molecule has 138 valence electrons. The Morgan fingerprint density at radius 3 is 2.26 bits per heavy atom. The highest BCUT2D eigenvalue weighted by Gasteiger charge is 2.46. The maximum absolute atomic E-state index is 11.8. The van der Waals surface area contributed by atoms with Crippen molar-refractivity contribution in [2.24, 2.45) is 0 Å². The van der Waals surface area contributed by atoms with Gasteiger partial charge in [-0.25, -0.2) is 0 Å². The Balaban J connectivity index is 1.48. The van der Waals surface area contributed by atoms with Crippen molar-refractivity contribution in [3.05, 3.63) is 83.9 Å². The molecule has 2 heterocycles. The average molecular weight is 357 g/mol. The molecule has 0 saturated carbocycles. The molecule has 27 heavy (non-hydrogen) atoms. The van der Waals surface area contributed by atoms with Gasteiger partial charge < -0.3 is 5.11 Å². The summed E-state index contributed by atoms with van der Waals surface area (Å²) < 4.78 is 0. The second-order valence-corrected chi connectivity index (χ2v) is 8.36. The Bertz CT molecular complexity index is 916. The number of nitrogens with zero attached hydrogens (tertiary/aromatic N) is 1. The van der Waals surface area contributed by atoms with Gasteiger partial charge in [0.15, 0.2) is 0 Å². The van der Waals surface area contributed by atoms with E-state index < -0.39 is 5.60 Å². The molecule has 2 unspecified atom stereocenters. The summed E-state index contributed by atoms with van der Waals surface area (Å²) >= 11 is 0. The van der Waals surface area contributed by atoms with Crippen LogP contribution >= 0.6 is 0 Å². The van der Waals surface area contributed by atoms with Gasteiger partial charge >= 0.3 is 0 Å². The molecule has 0 aliphatic carbocycles. The maximum Gasteiger partial charge on any atom is 0.0932 e. The minimum Gasteiger partial charge on any atom is -0.385 e. The highest BCUT2D eigenvalue weighted by molar-refractivity contribution is 5.86. The predicted molar refractivity (Wildman–Crippen MR) is 110 cm³/mol. The molecule has 0 spiro atoms. The van der Waals surface area contributed by atoms with E-state index in [0.717, 1.165) is 24.9 Å². The largest absolute Gasteiger partial charge is 0.385 e. The van der Waals surface area contributed by atoms with Crippen LogP contribution in [0.15, 0.2) is 72.8 Å². The molecule has 2 heteroatoms. The van der Waals surface area contributed by atoms with Crippen LogP contribution < -0.4 is 0 Å². The minimum atomic E-state index is -0.718. The normalized spacial score (nSPS) is 28.3. The molecule has 0 radical (unpaired) electrons. The number of hydrogen-bond donors (Lipinski definition) is 1. The topological polar surface area (TPSA) is 23.5 Å². The van der Waals surface area contributed by atoms with Gasteiger partial charge in [0, 0.05) is 18.6 Å². The van der Waals surface area contributed by atoms with Crippen molar-refractivity contribution in [2.75, 3.05) is 0 Å². The molecule has 2 aliphatic rings. The first-order valence-electron chi connectivity index (χ1n) is 10.2. The van der Waals surface area contributed by atoms with Crippen molar-refractivity contribution >= 4 is 10.8 Å². The van der Waals surface area contributed by atoms with Gasteiger partial charge in [0.05, 0.1) is 5.60 Å². The van der Waals surface area contributed by atoms with Crippen molar-refractivity contribution in [1.29, 1.82) is 0 Å². The molecule has 0 amide bonds. The lowest BCUT2D eigenvalue weighted by Crippen LogP contribution is -2.56. The summed E-state index contributed by atoms with van der Waals surface area (Å²) in [5.41, 5.74) is 1.78. The standard InChI is InChI=1S/C25H27NO/c27-25(24-15-6-11-20-10-4-5-14-23(20)24)16-21-12-7-13-22(17-25)26(21)18-19-8-2-1-3-9-19/h1-6,8-11,14-15,21-22,27H,7,12-13,16-18H2. The number of benzene rings is 3. The molecule has 2 saturated heterocycles. The van der Waals surface area contributed by atoms with Crippen LogP contribution in [0.4, 0.5) is 0 Å². The molecule has 1 N–H and O–H groups in total. The lowest BCUT2D eigenvalue weighted by molar-refractivity contribution is -0.0991. The first-order chi connectivity index (χ1) is 13.2. The Morgan fingerprint density at radius 2 is 1.48 bits per heavy atom. The first kappa shape index (κ1) is 17.0. The third-order valence-corrected chi connectivity index (χ3v) is 6.66. The van der Waals surface area contributed by atoms with E-state index in [2.05, 4.69) is 77.7 Å². The van der Waals surface area contributed by atoms with E-state index in [4.69, 9.17) is 0 Å². The van der Waals surface area contributed by atoms with E-state index in [1.807, 2.05) is 0 Å². The van der Waals surface area contributed by atoms with Gasteiger partial charge in [-0.2, -0.15) is 0 Å². The van der Waals surface area contributed by atoms with Gasteiger partial charge in [0.25, 0.3) is 0 Å². The van der Waals surface area contributed by atoms with Gasteiger partial charge in [-0.3, -0.25) is 4.90 Å². The van der Waals surface area contributed by atoms with E-state index in [9.17, 15) is 5.11 Å². The Labute approximate surface area is 161 Å². The monoisotopic (exact) mass is 357 g/mol. The smallest absolute Gasteiger partial charge is 0.0932 e. The minimum absolute atomic E-state index is 0.460. The predicted octanol–water partition coefficient (Wildman–Crippen LogP) is 5.24. The lowest BCUT2D eigenvalue weighted by Gasteiger charge is -2.52. The Morgan fingerprint density at radius 1 is 0.815 bits per heavy atom. The average Bonchev–Trinajstić information content (AvgIpc) is 2.69. The summed E-state index contributed by atoms with van der Waals surface area (Å²) in [6, 6.07) is 26.6. The Kier molecular flexibility index (Phi) is 4.26. The third kappa shape index (κ3) is 3.07. The molecule has 2 atom stereocenters. The number of rotatable bonds is 3. The second-order valence-electron chi connectivity index (χ2n) is 8.36. The van der Waals surface area contributed by atoms with Gasteiger partial charge in [0.1, 0.15) is 0 Å². The summed E-state index contributed by atoms with van der Waals surface area (Å²) in [5.74, 6) is 0. The van der Waals surface area contributed by atoms with E-state index in [1.165, 1.54) is 35.6 Å². The number of hydrogen-bond acceptors (Lipinski definition) is 2. The van der Waals surface area contributed by atoms with Crippen LogP contribution in [0.3, 0.4) is 0 Å². The molecule has 0 aromatic heterocycles. The van der Waals surface area contributed by atoms with Crippen LogP contribution in [0, 0.1) is 0 Å². The van der Waals surface area contributed by atoms with E-state index in [0.29, 0.717) is 12.1 Å². The molecule has 2 fully saturated rings. The van der Waals surface area contributed by atoms with E-state index in [-0.39, 0.29) is 0 Å². The molecule has 5 rings (SSSR count). The van der Waals surface area contributed by atoms with Gasteiger partial charge in [-0.1, -0.05) is 79.2 Å². The van der Waals surface area contributed by atoms with Gasteiger partial charge in [-0.15, -0.1) is 0 Å². The van der Waals surface area contributed by atoms with Crippen molar-refractivity contribution in [3.8, 4) is 0 Å². The summed E-state index contributed by atoms with van der Waals surface area (Å²) in [6.07, 6.45) is 5.34. The fourth-order valence-corrected chi connectivity index (χ4v) is 5.42. The van der Waals surface area contributed by atoms with Crippen LogP contribution in [0.25, 0.3) is 10.8 Å². The molecular formula is C25H27NO. The summed E-state index contributed by atoms with van der Waals surface area (Å²) in [4.78, 5) is 2.67. The van der Waals surface area contributed by atoms with Crippen molar-refractivity contribution < 1.29 is 5.11 Å². The zero-order valence-electron chi connectivity index (χ0n) is 15.7. The molecule has 3 aromatic rings. The maximum atomic E-state index is 11.8. The molecular weight excluding hydrogens is 330 g/mol. The number of aliphatic hydroxyl groups is 1. The van der Waals surface area contributed by atoms with Crippen LogP contribution in [-0.4, -0.2) is 22.1 Å². The molecule has 3 aromatic carbocycles. The molecule has 2 bridgehead atoms. The number of piperidine rings is 2. The van der Waals surface area contributed by atoms with Crippen LogP contribution in [-0.2, 0) is 12.1 Å². The van der Waals surface area contributed by atoms with Crippen molar-refractivity contribution in [1.82, 2.24) is 4.90 Å². The summed E-state index contributed by atoms with van der Waals surface area (Å²) in [6.45, 7) is 1.00. The highest BCUT2D eigenvalue weighted by atomic mass is 16.3. The fourth-order valence-electron chi connectivity index (χ4n) is 5.42. The fraction of sp³-hybridized carbons (Fsp3) is 0.360. The van der Waals surface area contributed by atoms with E-state index >= 15 is 0 Å². The lowest BCUT2D eigenvalue weighted by atomic mass is 9.71. The molecule has 2 aliphatic heterocycles. The summed E-state index contributed by atoms with van der Waals surface area (Å²) in [7, 11) is 0. The van der Waals surface area contributed by atoms with Gasteiger partial charge in [0.2, 0.25) is 0 Å².